The molecular weight excluding hydrogens is 382 g/mol. The zero-order valence-corrected chi connectivity index (χ0v) is 17.4. The van der Waals surface area contributed by atoms with Crippen molar-refractivity contribution in [3.8, 4) is 17.0 Å². The quantitative estimate of drug-likeness (QED) is 0.626. The van der Waals surface area contributed by atoms with E-state index in [-0.39, 0.29) is 5.91 Å². The lowest BCUT2D eigenvalue weighted by molar-refractivity contribution is 0.0827. The number of ether oxygens (including phenoxy) is 2. The molecule has 1 aliphatic heterocycles. The van der Waals surface area contributed by atoms with E-state index in [1.54, 1.807) is 13.2 Å². The summed E-state index contributed by atoms with van der Waals surface area (Å²) < 4.78 is 12.8. The molecule has 0 radical (unpaired) electrons. The van der Waals surface area contributed by atoms with Crippen molar-refractivity contribution in [1.82, 2.24) is 25.1 Å². The van der Waals surface area contributed by atoms with E-state index in [0.717, 1.165) is 54.6 Å². The maximum atomic E-state index is 12.5. The summed E-state index contributed by atoms with van der Waals surface area (Å²) in [5.74, 6) is 2.12. The normalized spacial score (nSPS) is 14.6. The number of nitrogens with zero attached hydrogens (tertiary/aromatic N) is 3. The van der Waals surface area contributed by atoms with E-state index >= 15 is 0 Å². The minimum Gasteiger partial charge on any atom is -0.497 e. The van der Waals surface area contributed by atoms with Gasteiger partial charge >= 0.3 is 0 Å². The Kier molecular flexibility index (Phi) is 6.13. The van der Waals surface area contributed by atoms with Gasteiger partial charge in [0.15, 0.2) is 0 Å². The molecule has 8 heteroatoms. The van der Waals surface area contributed by atoms with Crippen LogP contribution in [-0.4, -0.2) is 52.5 Å². The van der Waals surface area contributed by atoms with Gasteiger partial charge in [-0.05, 0) is 50.1 Å². The van der Waals surface area contributed by atoms with Gasteiger partial charge in [-0.25, -0.2) is 4.98 Å². The van der Waals surface area contributed by atoms with Crippen LogP contribution in [0.5, 0.6) is 5.75 Å². The highest BCUT2D eigenvalue weighted by molar-refractivity contribution is 5.93. The highest BCUT2D eigenvalue weighted by Gasteiger charge is 2.21. The predicted octanol–water partition coefficient (Wildman–Crippen LogP) is 2.91. The molecule has 0 unspecified atom stereocenters. The first-order chi connectivity index (χ1) is 14.7. The standard InChI is InChI=1S/C22H27N5O3/c1-15-14-24-21(17-7-11-30-12-8-17)27(15)10-9-23-22(28)20-13-19(25-26-20)16-3-5-18(29-2)6-4-16/h3-6,13-14,17H,7-12H2,1-2H3,(H,23,28)(H,25,26). The summed E-state index contributed by atoms with van der Waals surface area (Å²) in [6.45, 7) is 4.81. The number of aromatic amines is 1. The highest BCUT2D eigenvalue weighted by Crippen LogP contribution is 2.26. The number of benzene rings is 1. The summed E-state index contributed by atoms with van der Waals surface area (Å²) >= 11 is 0. The molecule has 158 valence electrons. The minimum atomic E-state index is -0.173. The van der Waals surface area contributed by atoms with Gasteiger partial charge in [0.2, 0.25) is 0 Å². The zero-order chi connectivity index (χ0) is 20.9. The molecule has 1 fully saturated rings. The fraction of sp³-hybridized carbons (Fsp3) is 0.409. The predicted molar refractivity (Wildman–Crippen MR) is 113 cm³/mol. The van der Waals surface area contributed by atoms with Crippen molar-refractivity contribution in [3.05, 3.63) is 53.7 Å². The van der Waals surface area contributed by atoms with Crippen molar-refractivity contribution in [3.63, 3.8) is 0 Å². The number of carbonyl (C=O) groups is 1. The molecule has 0 atom stereocenters. The summed E-state index contributed by atoms with van der Waals surface area (Å²) in [6.07, 6.45) is 3.89. The number of hydrogen-bond acceptors (Lipinski definition) is 5. The molecule has 3 heterocycles. The van der Waals surface area contributed by atoms with Gasteiger partial charge < -0.3 is 19.4 Å². The van der Waals surface area contributed by atoms with Crippen molar-refractivity contribution in [2.24, 2.45) is 0 Å². The number of aromatic nitrogens is 4. The Morgan fingerprint density at radius 3 is 2.80 bits per heavy atom. The molecule has 2 aromatic heterocycles. The first-order valence-corrected chi connectivity index (χ1v) is 10.2. The second-order valence-corrected chi connectivity index (χ2v) is 7.45. The van der Waals surface area contributed by atoms with Crippen molar-refractivity contribution >= 4 is 5.91 Å². The summed E-state index contributed by atoms with van der Waals surface area (Å²) in [7, 11) is 1.63. The number of methoxy groups -OCH3 is 1. The summed E-state index contributed by atoms with van der Waals surface area (Å²) in [5, 5.41) is 10.1. The van der Waals surface area contributed by atoms with Gasteiger partial charge in [0.05, 0.1) is 12.8 Å². The molecule has 1 amide bonds. The Balaban J connectivity index is 1.35. The van der Waals surface area contributed by atoms with Gasteiger partial charge in [-0.3, -0.25) is 9.89 Å². The van der Waals surface area contributed by atoms with Crippen molar-refractivity contribution in [2.75, 3.05) is 26.9 Å². The van der Waals surface area contributed by atoms with Crippen LogP contribution >= 0.6 is 0 Å². The molecule has 4 rings (SSSR count). The number of imidazole rings is 1. The molecule has 1 saturated heterocycles. The Bertz CT molecular complexity index is 987. The molecule has 0 spiro atoms. The lowest BCUT2D eigenvalue weighted by Crippen LogP contribution is -2.29. The van der Waals surface area contributed by atoms with Crippen molar-refractivity contribution in [1.29, 1.82) is 0 Å². The van der Waals surface area contributed by atoms with E-state index in [0.29, 0.717) is 24.7 Å². The van der Waals surface area contributed by atoms with Gasteiger partial charge in [-0.1, -0.05) is 0 Å². The first kappa shape index (κ1) is 20.2. The number of H-pyrrole nitrogens is 1. The third-order valence-corrected chi connectivity index (χ3v) is 5.50. The van der Waals surface area contributed by atoms with Gasteiger partial charge in [0.25, 0.3) is 5.91 Å². The summed E-state index contributed by atoms with van der Waals surface area (Å²) in [4.78, 5) is 17.2. The molecular formula is C22H27N5O3. The van der Waals surface area contributed by atoms with Crippen molar-refractivity contribution < 1.29 is 14.3 Å². The lowest BCUT2D eigenvalue weighted by Gasteiger charge is -2.23. The Hall–Kier alpha value is -3.13. The van der Waals surface area contributed by atoms with E-state index in [4.69, 9.17) is 9.47 Å². The SMILES string of the molecule is COc1ccc(-c2cc(C(=O)NCCn3c(C)cnc3C3CCOCC3)[nH]n2)cc1. The molecule has 0 aliphatic carbocycles. The second-order valence-electron chi connectivity index (χ2n) is 7.45. The maximum absolute atomic E-state index is 12.5. The van der Waals surface area contributed by atoms with Gasteiger partial charge in [0.1, 0.15) is 17.3 Å². The largest absolute Gasteiger partial charge is 0.497 e. The van der Waals surface area contributed by atoms with E-state index in [1.807, 2.05) is 37.4 Å². The monoisotopic (exact) mass is 409 g/mol. The molecule has 1 aromatic carbocycles. The molecule has 2 N–H and O–H groups in total. The molecule has 30 heavy (non-hydrogen) atoms. The van der Waals surface area contributed by atoms with E-state index in [9.17, 15) is 4.79 Å². The van der Waals surface area contributed by atoms with Crippen LogP contribution in [0.25, 0.3) is 11.3 Å². The molecule has 3 aromatic rings. The van der Waals surface area contributed by atoms with Crippen LogP contribution in [-0.2, 0) is 11.3 Å². The average Bonchev–Trinajstić information content (AvgIpc) is 3.42. The third-order valence-electron chi connectivity index (χ3n) is 5.50. The summed E-state index contributed by atoms with van der Waals surface area (Å²) in [5.41, 5.74) is 3.18. The highest BCUT2D eigenvalue weighted by atomic mass is 16.5. The number of carbonyl (C=O) groups excluding carboxylic acids is 1. The number of hydrogen-bond donors (Lipinski definition) is 2. The van der Waals surface area contributed by atoms with E-state index < -0.39 is 0 Å². The number of rotatable bonds is 7. The number of aryl methyl sites for hydroxylation is 1. The lowest BCUT2D eigenvalue weighted by atomic mass is 9.99. The number of nitrogens with one attached hydrogen (secondary N) is 2. The van der Waals surface area contributed by atoms with Gasteiger partial charge in [-0.15, -0.1) is 0 Å². The smallest absolute Gasteiger partial charge is 0.269 e. The fourth-order valence-corrected chi connectivity index (χ4v) is 3.78. The summed E-state index contributed by atoms with van der Waals surface area (Å²) in [6, 6.07) is 9.32. The fourth-order valence-electron chi connectivity index (χ4n) is 3.78. The third kappa shape index (κ3) is 4.38. The van der Waals surface area contributed by atoms with Gasteiger partial charge in [0, 0.05) is 49.7 Å². The van der Waals surface area contributed by atoms with E-state index in [1.165, 1.54) is 0 Å². The van der Waals surface area contributed by atoms with Crippen LogP contribution in [0.4, 0.5) is 0 Å². The van der Waals surface area contributed by atoms with Crippen LogP contribution < -0.4 is 10.1 Å². The molecule has 1 aliphatic rings. The zero-order valence-electron chi connectivity index (χ0n) is 17.4. The molecule has 8 nitrogen and oxygen atoms in total. The molecule has 0 saturated carbocycles. The van der Waals surface area contributed by atoms with E-state index in [2.05, 4.69) is 25.1 Å². The van der Waals surface area contributed by atoms with Crippen LogP contribution in [0.2, 0.25) is 0 Å². The topological polar surface area (TPSA) is 94.1 Å². The minimum absolute atomic E-state index is 0.173. The van der Waals surface area contributed by atoms with Gasteiger partial charge in [-0.2, -0.15) is 5.10 Å². The molecule has 0 bridgehead atoms. The van der Waals surface area contributed by atoms with Crippen LogP contribution in [0, 0.1) is 6.92 Å². The Labute approximate surface area is 175 Å². The Morgan fingerprint density at radius 2 is 2.07 bits per heavy atom. The first-order valence-electron chi connectivity index (χ1n) is 10.2. The van der Waals surface area contributed by atoms with Crippen molar-refractivity contribution in [2.45, 2.75) is 32.2 Å². The van der Waals surface area contributed by atoms with Crippen LogP contribution in [0.3, 0.4) is 0 Å². The second kappa shape index (κ2) is 9.13. The maximum Gasteiger partial charge on any atom is 0.269 e. The van der Waals surface area contributed by atoms with Crippen LogP contribution in [0.15, 0.2) is 36.5 Å². The Morgan fingerprint density at radius 1 is 1.30 bits per heavy atom. The number of amides is 1. The van der Waals surface area contributed by atoms with Crippen LogP contribution in [0.1, 0.15) is 40.8 Å². The average molecular weight is 409 g/mol.